The lowest BCUT2D eigenvalue weighted by Gasteiger charge is -2.07. The molecule has 162 valence electrons. The second-order valence-corrected chi connectivity index (χ2v) is 8.51. The highest BCUT2D eigenvalue weighted by atomic mass is 35.5. The molecular weight excluding hydrogens is 479 g/mol. The maximum absolute atomic E-state index is 13.2. The fourth-order valence-electron chi connectivity index (χ4n) is 3.53. The summed E-state index contributed by atoms with van der Waals surface area (Å²) in [6.45, 7) is 0. The summed E-state index contributed by atoms with van der Waals surface area (Å²) in [6.07, 6.45) is 0. The van der Waals surface area contributed by atoms with Crippen molar-refractivity contribution in [3.05, 3.63) is 106 Å². The van der Waals surface area contributed by atoms with Crippen molar-refractivity contribution in [2.75, 3.05) is 5.32 Å². The molecule has 0 fully saturated rings. The zero-order valence-electron chi connectivity index (χ0n) is 17.0. The first kappa shape index (κ1) is 21.5. The van der Waals surface area contributed by atoms with Crippen LogP contribution in [0.15, 0.2) is 84.9 Å². The van der Waals surface area contributed by atoms with Gasteiger partial charge in [-0.25, -0.2) is 9.67 Å². The maximum atomic E-state index is 13.2. The number of carbonyl (C=O) groups is 1. The molecule has 1 N–H and O–H groups in total. The lowest BCUT2D eigenvalue weighted by Crippen LogP contribution is -2.14. The number of hydrogen-bond acceptors (Lipinski definition) is 3. The van der Waals surface area contributed by atoms with Crippen LogP contribution in [-0.2, 0) is 0 Å². The lowest BCUT2D eigenvalue weighted by atomic mass is 10.1. The topological polar surface area (TPSA) is 59.8 Å². The van der Waals surface area contributed by atoms with Crippen LogP contribution < -0.4 is 5.32 Å². The minimum Gasteiger partial charge on any atom is -0.319 e. The standard InChI is InChI=1S/C25H15Cl3N4O/c26-17-8-3-7-16(13-17)24-30-23(31-32(24)18-11-12-20(27)21(28)14-18)25(33)29-22-10-4-6-15-5-1-2-9-19(15)22/h1-14H,(H,29,33). The van der Waals surface area contributed by atoms with Crippen molar-refractivity contribution in [3.63, 3.8) is 0 Å². The van der Waals surface area contributed by atoms with Crippen molar-refractivity contribution in [2.24, 2.45) is 0 Å². The summed E-state index contributed by atoms with van der Waals surface area (Å²) in [6, 6.07) is 25.8. The summed E-state index contributed by atoms with van der Waals surface area (Å²) in [5.74, 6) is 0.0105. The molecular formula is C25H15Cl3N4O. The van der Waals surface area contributed by atoms with Crippen molar-refractivity contribution in [1.29, 1.82) is 0 Å². The molecule has 8 heteroatoms. The average Bonchev–Trinajstić information content (AvgIpc) is 3.27. The van der Waals surface area contributed by atoms with E-state index in [1.165, 1.54) is 0 Å². The van der Waals surface area contributed by atoms with Crippen molar-refractivity contribution in [3.8, 4) is 17.1 Å². The fraction of sp³-hybridized carbons (Fsp3) is 0. The zero-order valence-corrected chi connectivity index (χ0v) is 19.2. The Morgan fingerprint density at radius 1 is 0.818 bits per heavy atom. The van der Waals surface area contributed by atoms with Gasteiger partial charge < -0.3 is 5.32 Å². The molecule has 1 heterocycles. The SMILES string of the molecule is O=C(Nc1cccc2ccccc12)c1nc(-c2cccc(Cl)c2)n(-c2ccc(Cl)c(Cl)c2)n1. The van der Waals surface area contributed by atoms with Gasteiger partial charge in [0.05, 0.1) is 15.7 Å². The second kappa shape index (κ2) is 8.87. The summed E-state index contributed by atoms with van der Waals surface area (Å²) in [5.41, 5.74) is 1.98. The van der Waals surface area contributed by atoms with E-state index < -0.39 is 5.91 Å². The highest BCUT2D eigenvalue weighted by Crippen LogP contribution is 2.29. The number of aromatic nitrogens is 3. The number of anilines is 1. The normalized spacial score (nSPS) is 11.0. The van der Waals surface area contributed by atoms with E-state index in [2.05, 4.69) is 15.4 Å². The number of rotatable bonds is 4. The summed E-state index contributed by atoms with van der Waals surface area (Å²) >= 11 is 18.5. The van der Waals surface area contributed by atoms with Crippen molar-refractivity contribution in [1.82, 2.24) is 14.8 Å². The van der Waals surface area contributed by atoms with Crippen LogP contribution >= 0.6 is 34.8 Å². The van der Waals surface area contributed by atoms with Gasteiger partial charge in [-0.2, -0.15) is 0 Å². The number of amides is 1. The fourth-order valence-corrected chi connectivity index (χ4v) is 4.01. The van der Waals surface area contributed by atoms with Gasteiger partial charge in [0.1, 0.15) is 0 Å². The van der Waals surface area contributed by atoms with Crippen molar-refractivity contribution >= 4 is 57.2 Å². The van der Waals surface area contributed by atoms with Gasteiger partial charge >= 0.3 is 0 Å². The van der Waals surface area contributed by atoms with Gasteiger partial charge in [0.15, 0.2) is 5.82 Å². The Balaban J connectivity index is 1.59. The van der Waals surface area contributed by atoms with Crippen LogP contribution in [0.5, 0.6) is 0 Å². The third kappa shape index (κ3) is 4.31. The number of hydrogen-bond donors (Lipinski definition) is 1. The molecule has 0 atom stereocenters. The molecule has 0 aliphatic heterocycles. The first-order valence-corrected chi connectivity index (χ1v) is 11.1. The number of halogens is 3. The third-order valence-electron chi connectivity index (χ3n) is 5.08. The Labute approximate surface area is 204 Å². The van der Waals surface area contributed by atoms with Gasteiger partial charge in [-0.1, -0.05) is 83.3 Å². The Hall–Kier alpha value is -3.38. The number of fused-ring (bicyclic) bond motifs is 1. The summed E-state index contributed by atoms with van der Waals surface area (Å²) in [5, 5.41) is 10.7. The van der Waals surface area contributed by atoms with Gasteiger partial charge in [-0.05, 0) is 41.8 Å². The number of carbonyl (C=O) groups excluding carboxylic acids is 1. The molecule has 0 radical (unpaired) electrons. The van der Waals surface area contributed by atoms with Crippen LogP contribution in [0.1, 0.15) is 10.6 Å². The predicted molar refractivity (Wildman–Crippen MR) is 134 cm³/mol. The Morgan fingerprint density at radius 2 is 1.61 bits per heavy atom. The summed E-state index contributed by atoms with van der Waals surface area (Å²) < 4.78 is 1.55. The van der Waals surface area contributed by atoms with Gasteiger partial charge in [0.25, 0.3) is 5.91 Å². The highest BCUT2D eigenvalue weighted by molar-refractivity contribution is 6.42. The van der Waals surface area contributed by atoms with E-state index in [0.717, 1.165) is 10.8 Å². The average molecular weight is 494 g/mol. The quantitative estimate of drug-likeness (QED) is 0.286. The molecule has 4 aromatic carbocycles. The van der Waals surface area contributed by atoms with E-state index in [4.69, 9.17) is 34.8 Å². The van der Waals surface area contributed by atoms with Gasteiger partial charge in [-0.3, -0.25) is 4.79 Å². The van der Waals surface area contributed by atoms with Crippen LogP contribution in [0.3, 0.4) is 0 Å². The first-order valence-electron chi connectivity index (χ1n) is 9.97. The Bertz CT molecular complexity index is 1510. The zero-order chi connectivity index (χ0) is 22.9. The molecule has 5 rings (SSSR count). The number of nitrogens with one attached hydrogen (secondary N) is 1. The van der Waals surface area contributed by atoms with E-state index >= 15 is 0 Å². The van der Waals surface area contributed by atoms with E-state index in [1.54, 1.807) is 41.1 Å². The molecule has 0 aliphatic carbocycles. The molecule has 5 nitrogen and oxygen atoms in total. The second-order valence-electron chi connectivity index (χ2n) is 7.26. The monoisotopic (exact) mass is 492 g/mol. The smallest absolute Gasteiger partial charge is 0.295 e. The minimum absolute atomic E-state index is 0.00369. The van der Waals surface area contributed by atoms with E-state index in [9.17, 15) is 4.79 Å². The predicted octanol–water partition coefficient (Wildman–Crippen LogP) is 7.30. The number of nitrogens with zero attached hydrogens (tertiary/aromatic N) is 3. The van der Waals surface area contributed by atoms with Gasteiger partial charge in [0.2, 0.25) is 5.82 Å². The van der Waals surface area contributed by atoms with Crippen LogP contribution in [0.25, 0.3) is 27.8 Å². The van der Waals surface area contributed by atoms with E-state index in [-0.39, 0.29) is 5.82 Å². The van der Waals surface area contributed by atoms with Crippen molar-refractivity contribution in [2.45, 2.75) is 0 Å². The number of benzene rings is 4. The van der Waals surface area contributed by atoms with Crippen LogP contribution in [0.4, 0.5) is 5.69 Å². The highest BCUT2D eigenvalue weighted by Gasteiger charge is 2.20. The van der Waals surface area contributed by atoms with Crippen LogP contribution in [0, 0.1) is 0 Å². The van der Waals surface area contributed by atoms with E-state index in [1.807, 2.05) is 48.5 Å². The lowest BCUT2D eigenvalue weighted by molar-refractivity contribution is 0.101. The van der Waals surface area contributed by atoms with Crippen LogP contribution in [-0.4, -0.2) is 20.7 Å². The molecule has 0 bridgehead atoms. The molecule has 0 saturated carbocycles. The Morgan fingerprint density at radius 3 is 2.42 bits per heavy atom. The summed E-state index contributed by atoms with van der Waals surface area (Å²) in [4.78, 5) is 17.7. The van der Waals surface area contributed by atoms with Crippen LogP contribution in [0.2, 0.25) is 15.1 Å². The minimum atomic E-state index is -0.437. The van der Waals surface area contributed by atoms with Gasteiger partial charge in [-0.15, -0.1) is 5.10 Å². The molecule has 0 saturated heterocycles. The molecule has 1 aromatic heterocycles. The third-order valence-corrected chi connectivity index (χ3v) is 6.05. The first-order chi connectivity index (χ1) is 16.0. The Kier molecular flexibility index (Phi) is 5.77. The van der Waals surface area contributed by atoms with E-state index in [0.29, 0.717) is 37.8 Å². The molecule has 0 unspecified atom stereocenters. The molecule has 0 spiro atoms. The largest absolute Gasteiger partial charge is 0.319 e. The van der Waals surface area contributed by atoms with Crippen molar-refractivity contribution < 1.29 is 4.79 Å². The molecule has 33 heavy (non-hydrogen) atoms. The van der Waals surface area contributed by atoms with Gasteiger partial charge in [0, 0.05) is 21.7 Å². The molecule has 5 aromatic rings. The maximum Gasteiger partial charge on any atom is 0.295 e. The summed E-state index contributed by atoms with van der Waals surface area (Å²) in [7, 11) is 0. The molecule has 0 aliphatic rings. The molecule has 1 amide bonds.